The largest absolute Gasteiger partial charge is 0.493 e. The average molecular weight is 334 g/mol. The van der Waals surface area contributed by atoms with E-state index in [1.54, 1.807) is 11.6 Å². The lowest BCUT2D eigenvalue weighted by Gasteiger charge is -1.98. The van der Waals surface area contributed by atoms with Crippen LogP contribution in [0, 0.1) is 0 Å². The van der Waals surface area contributed by atoms with Crippen LogP contribution >= 0.6 is 15.9 Å². The van der Waals surface area contributed by atoms with Gasteiger partial charge in [-0.2, -0.15) is 0 Å². The summed E-state index contributed by atoms with van der Waals surface area (Å²) in [7, 11) is 3.54. The van der Waals surface area contributed by atoms with E-state index in [0.717, 1.165) is 10.4 Å². The molecule has 0 N–H and O–H groups in total. The summed E-state index contributed by atoms with van der Waals surface area (Å²) in [5.74, 6) is 2.12. The van der Waals surface area contributed by atoms with Gasteiger partial charge in [0.25, 0.3) is 0 Å². The van der Waals surface area contributed by atoms with Crippen LogP contribution < -0.4 is 4.74 Å². The maximum atomic E-state index is 5.26. The first-order chi connectivity index (χ1) is 9.67. The van der Waals surface area contributed by atoms with Crippen molar-refractivity contribution in [2.45, 2.75) is 0 Å². The van der Waals surface area contributed by atoms with Crippen LogP contribution in [-0.4, -0.2) is 31.3 Å². The number of halogens is 1. The molecule has 0 aliphatic rings. The summed E-state index contributed by atoms with van der Waals surface area (Å²) in [6.45, 7) is 0. The van der Waals surface area contributed by atoms with E-state index in [-0.39, 0.29) is 0 Å². The van der Waals surface area contributed by atoms with Crippen molar-refractivity contribution in [1.82, 2.24) is 24.1 Å². The van der Waals surface area contributed by atoms with Crippen LogP contribution in [0.4, 0.5) is 0 Å². The van der Waals surface area contributed by atoms with Crippen LogP contribution in [0.2, 0.25) is 0 Å². The van der Waals surface area contributed by atoms with Crippen molar-refractivity contribution in [3.63, 3.8) is 0 Å². The Hall–Kier alpha value is -2.15. The van der Waals surface area contributed by atoms with Gasteiger partial charge in [0.1, 0.15) is 10.4 Å². The molecule has 0 saturated heterocycles. The van der Waals surface area contributed by atoms with E-state index in [1.807, 2.05) is 48.3 Å². The zero-order valence-electron chi connectivity index (χ0n) is 11.0. The van der Waals surface area contributed by atoms with Crippen LogP contribution in [0.15, 0.2) is 29.1 Å². The van der Waals surface area contributed by atoms with Gasteiger partial charge in [0.2, 0.25) is 0 Å². The zero-order valence-corrected chi connectivity index (χ0v) is 12.6. The smallest absolute Gasteiger partial charge is 0.198 e. The Bertz CT molecular complexity index is 789. The van der Waals surface area contributed by atoms with E-state index in [1.165, 1.54) is 0 Å². The third kappa shape index (κ3) is 2.32. The molecule has 102 valence electrons. The van der Waals surface area contributed by atoms with E-state index in [0.29, 0.717) is 17.2 Å². The van der Waals surface area contributed by atoms with Crippen molar-refractivity contribution < 1.29 is 4.74 Å². The topological polar surface area (TPSA) is 57.2 Å². The van der Waals surface area contributed by atoms with Crippen LogP contribution in [0.3, 0.4) is 0 Å². The van der Waals surface area contributed by atoms with E-state index in [9.17, 15) is 0 Å². The lowest BCUT2D eigenvalue weighted by molar-refractivity contribution is 0.416. The maximum absolute atomic E-state index is 5.26. The standard InChI is InChI=1S/C13H12BrN5O/c1-18-8-10(14)15-12(18)6-5-11-16-13-9(20-2)4-3-7-19(13)17-11/h3-8H,1-2H3/b6-5+. The monoisotopic (exact) mass is 333 g/mol. The van der Waals surface area contributed by atoms with Crippen molar-refractivity contribution in [3.8, 4) is 5.75 Å². The first-order valence-corrected chi connectivity index (χ1v) is 6.73. The van der Waals surface area contributed by atoms with Crippen molar-refractivity contribution in [1.29, 1.82) is 0 Å². The average Bonchev–Trinajstić information content (AvgIpc) is 2.98. The number of rotatable bonds is 3. The Morgan fingerprint density at radius 3 is 2.85 bits per heavy atom. The van der Waals surface area contributed by atoms with Gasteiger partial charge < -0.3 is 9.30 Å². The van der Waals surface area contributed by atoms with Gasteiger partial charge in [0.05, 0.1) is 7.11 Å². The fourth-order valence-corrected chi connectivity index (χ4v) is 2.36. The van der Waals surface area contributed by atoms with Gasteiger partial charge in [-0.3, -0.25) is 0 Å². The highest BCUT2D eigenvalue weighted by Gasteiger charge is 2.06. The van der Waals surface area contributed by atoms with Gasteiger partial charge in [0, 0.05) is 19.4 Å². The number of imidazole rings is 1. The number of ether oxygens (including phenoxy) is 1. The van der Waals surface area contributed by atoms with Gasteiger partial charge in [-0.15, -0.1) is 5.10 Å². The molecule has 0 aromatic carbocycles. The van der Waals surface area contributed by atoms with Crippen molar-refractivity contribution >= 4 is 33.7 Å². The normalized spacial score (nSPS) is 11.6. The molecule has 0 radical (unpaired) electrons. The number of fused-ring (bicyclic) bond motifs is 1. The zero-order chi connectivity index (χ0) is 14.1. The Kier molecular flexibility index (Phi) is 3.27. The molecule has 0 aliphatic heterocycles. The highest BCUT2D eigenvalue weighted by molar-refractivity contribution is 9.10. The van der Waals surface area contributed by atoms with Gasteiger partial charge in [-0.25, -0.2) is 14.5 Å². The molecule has 0 fully saturated rings. The molecular weight excluding hydrogens is 322 g/mol. The summed E-state index contributed by atoms with van der Waals surface area (Å²) in [4.78, 5) is 8.75. The van der Waals surface area contributed by atoms with E-state index >= 15 is 0 Å². The van der Waals surface area contributed by atoms with Crippen molar-refractivity contribution in [2.24, 2.45) is 7.05 Å². The minimum Gasteiger partial charge on any atom is -0.493 e. The third-order valence-corrected chi connectivity index (χ3v) is 3.21. The molecule has 0 bridgehead atoms. The molecule has 0 unspecified atom stereocenters. The summed E-state index contributed by atoms with van der Waals surface area (Å²) < 4.78 is 9.65. The van der Waals surface area contributed by atoms with Gasteiger partial charge in [-0.05, 0) is 40.2 Å². The summed E-state index contributed by atoms with van der Waals surface area (Å²) >= 11 is 3.34. The lowest BCUT2D eigenvalue weighted by Crippen LogP contribution is -1.90. The lowest BCUT2D eigenvalue weighted by atomic mass is 10.4. The van der Waals surface area contributed by atoms with E-state index in [4.69, 9.17) is 4.74 Å². The molecule has 0 spiro atoms. The van der Waals surface area contributed by atoms with Gasteiger partial charge >= 0.3 is 0 Å². The molecule has 3 rings (SSSR count). The second-order valence-corrected chi connectivity index (χ2v) is 4.99. The highest BCUT2D eigenvalue weighted by atomic mass is 79.9. The number of hydrogen-bond acceptors (Lipinski definition) is 4. The fourth-order valence-electron chi connectivity index (χ4n) is 1.88. The Morgan fingerprint density at radius 1 is 1.30 bits per heavy atom. The number of nitrogens with zero attached hydrogens (tertiary/aromatic N) is 5. The van der Waals surface area contributed by atoms with Crippen molar-refractivity contribution in [2.75, 3.05) is 7.11 Å². The van der Waals surface area contributed by atoms with Crippen molar-refractivity contribution in [3.05, 3.63) is 40.8 Å². The summed E-state index contributed by atoms with van der Waals surface area (Å²) in [5, 5.41) is 4.36. The van der Waals surface area contributed by atoms with Crippen LogP contribution in [-0.2, 0) is 7.05 Å². The molecule has 0 saturated carbocycles. The van der Waals surface area contributed by atoms with E-state index < -0.39 is 0 Å². The summed E-state index contributed by atoms with van der Waals surface area (Å²) in [6, 6.07) is 3.72. The molecule has 0 atom stereocenters. The molecule has 3 heterocycles. The number of hydrogen-bond donors (Lipinski definition) is 0. The molecule has 0 amide bonds. The summed E-state index contributed by atoms with van der Waals surface area (Å²) in [5.41, 5.74) is 0.690. The Labute approximate surface area is 123 Å². The number of pyridine rings is 1. The molecule has 3 aromatic heterocycles. The maximum Gasteiger partial charge on any atom is 0.198 e. The Morgan fingerprint density at radius 2 is 2.15 bits per heavy atom. The molecule has 3 aromatic rings. The first-order valence-electron chi connectivity index (χ1n) is 5.93. The second kappa shape index (κ2) is 5.09. The predicted molar refractivity (Wildman–Crippen MR) is 79.4 cm³/mol. The molecule has 20 heavy (non-hydrogen) atoms. The third-order valence-electron chi connectivity index (χ3n) is 2.83. The minimum absolute atomic E-state index is 0.605. The van der Waals surface area contributed by atoms with Crippen LogP contribution in [0.25, 0.3) is 17.8 Å². The number of aryl methyl sites for hydroxylation is 1. The quantitative estimate of drug-likeness (QED) is 0.738. The molecule has 6 nitrogen and oxygen atoms in total. The van der Waals surface area contributed by atoms with Crippen LogP contribution in [0.5, 0.6) is 5.75 Å². The first kappa shape index (κ1) is 12.9. The molecular formula is C13H12BrN5O. The van der Waals surface area contributed by atoms with E-state index in [2.05, 4.69) is 31.0 Å². The molecule has 0 aliphatic carbocycles. The van der Waals surface area contributed by atoms with Gasteiger partial charge in [-0.1, -0.05) is 0 Å². The van der Waals surface area contributed by atoms with Gasteiger partial charge in [0.15, 0.2) is 17.2 Å². The molecule has 7 heteroatoms. The summed E-state index contributed by atoms with van der Waals surface area (Å²) in [6.07, 6.45) is 7.41. The fraction of sp³-hybridized carbons (Fsp3) is 0.154. The van der Waals surface area contributed by atoms with Crippen LogP contribution in [0.1, 0.15) is 11.6 Å². The Balaban J connectivity index is 1.97. The SMILES string of the molecule is COc1cccn2nc(/C=C/c3nc(Br)cn3C)nc12. The number of aromatic nitrogens is 5. The minimum atomic E-state index is 0.605. The number of methoxy groups -OCH3 is 1. The highest BCUT2D eigenvalue weighted by Crippen LogP contribution is 2.17. The predicted octanol–water partition coefficient (Wildman–Crippen LogP) is 2.40. The second-order valence-electron chi connectivity index (χ2n) is 4.18.